The topological polar surface area (TPSA) is 41.1 Å². The van der Waals surface area contributed by atoms with Crippen LogP contribution in [0, 0.1) is 17.3 Å². The molecule has 2 N–H and O–H groups in total. The largest absolute Gasteiger partial charge is 0.332 e. The zero-order valence-corrected chi connectivity index (χ0v) is 15.7. The van der Waals surface area contributed by atoms with Crippen molar-refractivity contribution >= 4 is 44.9 Å². The molecule has 120 valence electrons. The van der Waals surface area contributed by atoms with Crippen LogP contribution >= 0.6 is 28.1 Å². The molecule has 0 bridgehead atoms. The fraction of sp³-hybridized carbons (Fsp3) is 0.529. The molecule has 1 aromatic rings. The average molecular weight is 383 g/mol. The van der Waals surface area contributed by atoms with Crippen LogP contribution < -0.4 is 10.6 Å². The maximum Gasteiger partial charge on any atom is 0.226 e. The minimum absolute atomic E-state index is 0.00207. The molecule has 0 spiro atoms. The van der Waals surface area contributed by atoms with Gasteiger partial charge in [0.1, 0.15) is 0 Å². The lowest BCUT2D eigenvalue weighted by atomic mass is 9.53. The van der Waals surface area contributed by atoms with Crippen LogP contribution in [0.4, 0.5) is 5.69 Å². The summed E-state index contributed by atoms with van der Waals surface area (Å²) in [7, 11) is 0. The number of halogens is 1. The summed E-state index contributed by atoms with van der Waals surface area (Å²) in [5.74, 6) is 1.19. The third-order valence-electron chi connectivity index (χ3n) is 4.95. The molecule has 1 aliphatic rings. The quantitative estimate of drug-likeness (QED) is 0.739. The first-order valence-electron chi connectivity index (χ1n) is 7.69. The molecule has 1 aromatic carbocycles. The van der Waals surface area contributed by atoms with Gasteiger partial charge in [-0.25, -0.2) is 0 Å². The standard InChI is InChI=1S/C17H23BrN2OS/c1-4-11-9-12(17(11,2)3)10-15(21)20-16(22)19-14-7-5-13(18)6-8-14/h5-8,11-12H,4,9-10H2,1-3H3,(H2,19,20,21,22)/t11-,12+/m1/s1. The van der Waals surface area contributed by atoms with Gasteiger partial charge in [-0.1, -0.05) is 43.1 Å². The lowest BCUT2D eigenvalue weighted by Crippen LogP contribution is -2.47. The minimum atomic E-state index is 0.00207. The van der Waals surface area contributed by atoms with E-state index in [4.69, 9.17) is 12.2 Å². The van der Waals surface area contributed by atoms with Gasteiger partial charge in [-0.05, 0) is 60.2 Å². The molecule has 0 aromatic heterocycles. The minimum Gasteiger partial charge on any atom is -0.332 e. The van der Waals surface area contributed by atoms with Crippen molar-refractivity contribution in [2.75, 3.05) is 5.32 Å². The van der Waals surface area contributed by atoms with Crippen molar-refractivity contribution in [3.05, 3.63) is 28.7 Å². The summed E-state index contributed by atoms with van der Waals surface area (Å²) >= 11 is 8.59. The van der Waals surface area contributed by atoms with E-state index in [0.717, 1.165) is 22.5 Å². The zero-order chi connectivity index (χ0) is 16.3. The van der Waals surface area contributed by atoms with Gasteiger partial charge in [0.25, 0.3) is 0 Å². The van der Waals surface area contributed by atoms with E-state index in [0.29, 0.717) is 17.5 Å². The highest BCUT2D eigenvalue weighted by molar-refractivity contribution is 9.10. The number of nitrogens with one attached hydrogen (secondary N) is 2. The van der Waals surface area contributed by atoms with Crippen LogP contribution in [0.2, 0.25) is 0 Å². The van der Waals surface area contributed by atoms with Gasteiger partial charge in [0, 0.05) is 16.6 Å². The fourth-order valence-electron chi connectivity index (χ4n) is 3.26. The Balaban J connectivity index is 1.80. The molecule has 0 aliphatic heterocycles. The number of hydrogen-bond acceptors (Lipinski definition) is 2. The Hall–Kier alpha value is -0.940. The smallest absolute Gasteiger partial charge is 0.226 e. The van der Waals surface area contributed by atoms with Crippen LogP contribution in [0.3, 0.4) is 0 Å². The van der Waals surface area contributed by atoms with Crippen LogP contribution in [0.15, 0.2) is 28.7 Å². The van der Waals surface area contributed by atoms with E-state index < -0.39 is 0 Å². The molecule has 0 heterocycles. The predicted octanol–water partition coefficient (Wildman–Crippen LogP) is 4.72. The van der Waals surface area contributed by atoms with Crippen LogP contribution in [0.25, 0.3) is 0 Å². The van der Waals surface area contributed by atoms with Gasteiger partial charge in [0.15, 0.2) is 5.11 Å². The Kier molecular flexibility index (Phi) is 5.61. The van der Waals surface area contributed by atoms with Gasteiger partial charge in [-0.15, -0.1) is 0 Å². The maximum atomic E-state index is 12.1. The van der Waals surface area contributed by atoms with Crippen molar-refractivity contribution in [2.24, 2.45) is 17.3 Å². The number of carbonyl (C=O) groups excluding carboxylic acids is 1. The molecule has 0 unspecified atom stereocenters. The molecule has 1 fully saturated rings. The molecule has 3 nitrogen and oxygen atoms in total. The first kappa shape index (κ1) is 17.4. The van der Waals surface area contributed by atoms with Crippen LogP contribution in [0.5, 0.6) is 0 Å². The maximum absolute atomic E-state index is 12.1. The molecule has 1 saturated carbocycles. The molecule has 22 heavy (non-hydrogen) atoms. The highest BCUT2D eigenvalue weighted by Crippen LogP contribution is 2.54. The number of carbonyl (C=O) groups is 1. The number of benzene rings is 1. The van der Waals surface area contributed by atoms with Crippen molar-refractivity contribution in [3.63, 3.8) is 0 Å². The molecule has 2 rings (SSSR count). The number of anilines is 1. The second-order valence-corrected chi connectivity index (χ2v) is 7.90. The first-order valence-corrected chi connectivity index (χ1v) is 8.89. The van der Waals surface area contributed by atoms with Crippen molar-refractivity contribution in [1.82, 2.24) is 5.32 Å². The van der Waals surface area contributed by atoms with E-state index >= 15 is 0 Å². The Morgan fingerprint density at radius 1 is 1.32 bits per heavy atom. The number of hydrogen-bond donors (Lipinski definition) is 2. The zero-order valence-electron chi connectivity index (χ0n) is 13.3. The summed E-state index contributed by atoms with van der Waals surface area (Å²) in [6, 6.07) is 7.66. The number of amides is 1. The molecular formula is C17H23BrN2OS. The molecule has 1 aliphatic carbocycles. The van der Waals surface area contributed by atoms with E-state index in [9.17, 15) is 4.79 Å². The van der Waals surface area contributed by atoms with E-state index in [2.05, 4.69) is 47.3 Å². The summed E-state index contributed by atoms with van der Waals surface area (Å²) in [6.07, 6.45) is 2.88. The third kappa shape index (κ3) is 4.07. The van der Waals surface area contributed by atoms with Crippen molar-refractivity contribution < 1.29 is 4.79 Å². The Labute approximate surface area is 146 Å². The predicted molar refractivity (Wildman–Crippen MR) is 98.8 cm³/mol. The van der Waals surface area contributed by atoms with Gasteiger partial charge >= 0.3 is 0 Å². The van der Waals surface area contributed by atoms with E-state index in [1.54, 1.807) is 0 Å². The molecule has 0 radical (unpaired) electrons. The second-order valence-electron chi connectivity index (χ2n) is 6.57. The highest BCUT2D eigenvalue weighted by Gasteiger charge is 2.47. The van der Waals surface area contributed by atoms with Gasteiger partial charge in [0.05, 0.1) is 0 Å². The van der Waals surface area contributed by atoms with Crippen molar-refractivity contribution in [3.8, 4) is 0 Å². The van der Waals surface area contributed by atoms with Gasteiger partial charge in [-0.3, -0.25) is 4.79 Å². The lowest BCUT2D eigenvalue weighted by molar-refractivity contribution is -0.125. The molecule has 1 amide bonds. The summed E-state index contributed by atoms with van der Waals surface area (Å²) in [6.45, 7) is 6.75. The summed E-state index contributed by atoms with van der Waals surface area (Å²) in [5, 5.41) is 6.17. The van der Waals surface area contributed by atoms with Gasteiger partial charge in [0.2, 0.25) is 5.91 Å². The summed E-state index contributed by atoms with van der Waals surface area (Å²) < 4.78 is 1.01. The van der Waals surface area contributed by atoms with E-state index in [1.165, 1.54) is 6.42 Å². The summed E-state index contributed by atoms with van der Waals surface area (Å²) in [5.41, 5.74) is 1.12. The average Bonchev–Trinajstić information content (AvgIpc) is 2.45. The Morgan fingerprint density at radius 3 is 2.50 bits per heavy atom. The van der Waals surface area contributed by atoms with Gasteiger partial charge < -0.3 is 10.6 Å². The second kappa shape index (κ2) is 7.09. The molecule has 5 heteroatoms. The normalized spacial score (nSPS) is 22.5. The molecule has 2 atom stereocenters. The summed E-state index contributed by atoms with van der Waals surface area (Å²) in [4.78, 5) is 12.1. The number of rotatable bonds is 4. The van der Waals surface area contributed by atoms with Crippen LogP contribution in [0.1, 0.15) is 40.0 Å². The van der Waals surface area contributed by atoms with E-state index in [-0.39, 0.29) is 11.3 Å². The molecule has 0 saturated heterocycles. The molecular weight excluding hydrogens is 360 g/mol. The SMILES string of the molecule is CC[C@@H]1C[C@@H](CC(=O)NC(=S)Nc2ccc(Br)cc2)C1(C)C. The van der Waals surface area contributed by atoms with Crippen molar-refractivity contribution in [2.45, 2.75) is 40.0 Å². The lowest BCUT2D eigenvalue weighted by Gasteiger charge is -2.52. The highest BCUT2D eigenvalue weighted by atomic mass is 79.9. The third-order valence-corrected chi connectivity index (χ3v) is 5.69. The van der Waals surface area contributed by atoms with Crippen LogP contribution in [-0.2, 0) is 4.79 Å². The van der Waals surface area contributed by atoms with Crippen molar-refractivity contribution in [1.29, 1.82) is 0 Å². The van der Waals surface area contributed by atoms with Gasteiger partial charge in [-0.2, -0.15) is 0 Å². The monoisotopic (exact) mass is 382 g/mol. The fourth-order valence-corrected chi connectivity index (χ4v) is 3.76. The first-order chi connectivity index (χ1) is 10.3. The number of thiocarbonyl (C=S) groups is 1. The van der Waals surface area contributed by atoms with E-state index in [1.807, 2.05) is 24.3 Å². The Bertz CT molecular complexity index is 556. The Morgan fingerprint density at radius 2 is 1.95 bits per heavy atom. The van der Waals surface area contributed by atoms with Crippen LogP contribution in [-0.4, -0.2) is 11.0 Å².